The summed E-state index contributed by atoms with van der Waals surface area (Å²) in [6.07, 6.45) is 3.01. The van der Waals surface area contributed by atoms with E-state index in [-0.39, 0.29) is 18.1 Å². The molecule has 3 N–H and O–H groups in total. The number of urea groups is 1. The van der Waals surface area contributed by atoms with Gasteiger partial charge in [0.15, 0.2) is 0 Å². The van der Waals surface area contributed by atoms with Crippen LogP contribution >= 0.6 is 12.2 Å². The van der Waals surface area contributed by atoms with E-state index in [1.807, 2.05) is 13.8 Å². The fourth-order valence-corrected chi connectivity index (χ4v) is 2.05. The van der Waals surface area contributed by atoms with E-state index >= 15 is 0 Å². The molecule has 1 rings (SSSR count). The molecule has 1 fully saturated rings. The maximum absolute atomic E-state index is 11.8. The summed E-state index contributed by atoms with van der Waals surface area (Å²) in [5.74, 6) is 0. The van der Waals surface area contributed by atoms with Gasteiger partial charge in [-0.1, -0.05) is 12.2 Å². The van der Waals surface area contributed by atoms with Crippen LogP contribution in [0.2, 0.25) is 0 Å². The number of carbonyl (C=O) groups is 1. The molecule has 0 saturated carbocycles. The van der Waals surface area contributed by atoms with Crippen molar-refractivity contribution in [3.8, 4) is 0 Å². The zero-order valence-corrected chi connectivity index (χ0v) is 10.1. The molecule has 0 radical (unpaired) electrons. The fourth-order valence-electron chi connectivity index (χ4n) is 1.80. The third-order valence-corrected chi connectivity index (χ3v) is 2.78. The lowest BCUT2D eigenvalue weighted by molar-refractivity contribution is 0.171. The molecule has 0 aliphatic carbocycles. The van der Waals surface area contributed by atoms with Gasteiger partial charge in [-0.3, -0.25) is 0 Å². The topological polar surface area (TPSA) is 58.4 Å². The van der Waals surface area contributed by atoms with Gasteiger partial charge in [0.25, 0.3) is 0 Å². The lowest BCUT2D eigenvalue weighted by atomic mass is 10.0. The van der Waals surface area contributed by atoms with Crippen LogP contribution in [0.1, 0.15) is 33.1 Å². The molecule has 4 nitrogen and oxygen atoms in total. The molecular formula is C10H19N3OS. The van der Waals surface area contributed by atoms with Gasteiger partial charge in [0.1, 0.15) is 0 Å². The molecule has 0 aromatic heterocycles. The Kier molecular flexibility index (Phi) is 4.32. The van der Waals surface area contributed by atoms with Gasteiger partial charge >= 0.3 is 6.03 Å². The van der Waals surface area contributed by atoms with Crippen molar-refractivity contribution in [2.75, 3.05) is 6.54 Å². The quantitative estimate of drug-likeness (QED) is 0.701. The van der Waals surface area contributed by atoms with E-state index in [1.54, 1.807) is 4.90 Å². The molecular weight excluding hydrogens is 210 g/mol. The van der Waals surface area contributed by atoms with Gasteiger partial charge in [0, 0.05) is 12.6 Å². The minimum Gasteiger partial charge on any atom is -0.392 e. The summed E-state index contributed by atoms with van der Waals surface area (Å²) in [5.41, 5.74) is 5.64. The highest BCUT2D eigenvalue weighted by Gasteiger charge is 2.28. The van der Waals surface area contributed by atoms with E-state index in [9.17, 15) is 4.79 Å². The maximum atomic E-state index is 11.8. The number of hydrogen-bond acceptors (Lipinski definition) is 2. The van der Waals surface area contributed by atoms with Crippen molar-refractivity contribution in [1.82, 2.24) is 10.2 Å². The van der Waals surface area contributed by atoms with Crippen molar-refractivity contribution in [3.05, 3.63) is 0 Å². The van der Waals surface area contributed by atoms with Crippen LogP contribution in [-0.2, 0) is 0 Å². The van der Waals surface area contributed by atoms with Gasteiger partial charge in [-0.25, -0.2) is 4.79 Å². The summed E-state index contributed by atoms with van der Waals surface area (Å²) in [7, 11) is 0. The molecule has 1 heterocycles. The molecule has 15 heavy (non-hydrogen) atoms. The summed E-state index contributed by atoms with van der Waals surface area (Å²) in [5, 5.41) is 2.87. The highest BCUT2D eigenvalue weighted by molar-refractivity contribution is 7.80. The fraction of sp³-hybridized carbons (Fsp3) is 0.800. The Bertz CT molecular complexity index is 255. The number of thiocarbonyl (C=S) groups is 1. The van der Waals surface area contributed by atoms with Crippen LogP contribution in [0.5, 0.6) is 0 Å². The first-order chi connectivity index (χ1) is 7.02. The SMILES string of the molecule is CC(C)NC(=O)N1CCCCC1C(N)=S. The number of amides is 2. The Morgan fingerprint density at radius 3 is 2.73 bits per heavy atom. The van der Waals surface area contributed by atoms with Crippen molar-refractivity contribution in [2.24, 2.45) is 5.73 Å². The van der Waals surface area contributed by atoms with Crippen LogP contribution in [0.15, 0.2) is 0 Å². The third kappa shape index (κ3) is 3.34. The molecule has 0 bridgehead atoms. The molecule has 0 aromatic rings. The Morgan fingerprint density at radius 1 is 1.53 bits per heavy atom. The Morgan fingerprint density at radius 2 is 2.20 bits per heavy atom. The average molecular weight is 229 g/mol. The van der Waals surface area contributed by atoms with E-state index in [0.717, 1.165) is 25.8 Å². The van der Waals surface area contributed by atoms with Crippen LogP contribution in [-0.4, -0.2) is 34.5 Å². The van der Waals surface area contributed by atoms with E-state index in [4.69, 9.17) is 18.0 Å². The first-order valence-electron chi connectivity index (χ1n) is 5.39. The van der Waals surface area contributed by atoms with Crippen molar-refractivity contribution in [2.45, 2.75) is 45.2 Å². The van der Waals surface area contributed by atoms with Gasteiger partial charge in [0.05, 0.1) is 11.0 Å². The first-order valence-corrected chi connectivity index (χ1v) is 5.79. The van der Waals surface area contributed by atoms with E-state index in [0.29, 0.717) is 4.99 Å². The van der Waals surface area contributed by atoms with Crippen LogP contribution in [0.4, 0.5) is 4.79 Å². The van der Waals surface area contributed by atoms with Crippen molar-refractivity contribution < 1.29 is 4.79 Å². The van der Waals surface area contributed by atoms with Crippen LogP contribution in [0.3, 0.4) is 0 Å². The number of rotatable bonds is 2. The number of nitrogens with two attached hydrogens (primary N) is 1. The Hall–Kier alpha value is -0.840. The Balaban J connectivity index is 2.63. The second kappa shape index (κ2) is 5.30. The lowest BCUT2D eigenvalue weighted by Crippen LogP contribution is -2.54. The minimum absolute atomic E-state index is 0.0532. The average Bonchev–Trinajstić information content (AvgIpc) is 2.16. The third-order valence-electron chi connectivity index (χ3n) is 2.50. The predicted molar refractivity (Wildman–Crippen MR) is 64.8 cm³/mol. The summed E-state index contributed by atoms with van der Waals surface area (Å²) in [6.45, 7) is 4.63. The van der Waals surface area contributed by atoms with Crippen molar-refractivity contribution in [1.29, 1.82) is 0 Å². The minimum atomic E-state index is -0.0625. The van der Waals surface area contributed by atoms with Gasteiger partial charge in [-0.05, 0) is 33.1 Å². The van der Waals surface area contributed by atoms with Crippen LogP contribution in [0, 0.1) is 0 Å². The number of hydrogen-bond donors (Lipinski definition) is 2. The second-order valence-electron chi connectivity index (χ2n) is 4.21. The summed E-state index contributed by atoms with van der Waals surface area (Å²) in [4.78, 5) is 14.0. The second-order valence-corrected chi connectivity index (χ2v) is 4.68. The number of nitrogens with one attached hydrogen (secondary N) is 1. The molecule has 0 spiro atoms. The lowest BCUT2D eigenvalue weighted by Gasteiger charge is -2.35. The van der Waals surface area contributed by atoms with Gasteiger partial charge in [0.2, 0.25) is 0 Å². The molecule has 5 heteroatoms. The molecule has 86 valence electrons. The Labute approximate surface area is 96.2 Å². The normalized spacial score (nSPS) is 21.5. The van der Waals surface area contributed by atoms with E-state index in [1.165, 1.54) is 0 Å². The molecule has 0 aromatic carbocycles. The number of nitrogens with zero attached hydrogens (tertiary/aromatic N) is 1. The van der Waals surface area contributed by atoms with Crippen LogP contribution < -0.4 is 11.1 Å². The van der Waals surface area contributed by atoms with E-state index < -0.39 is 0 Å². The zero-order valence-electron chi connectivity index (χ0n) is 9.32. The van der Waals surface area contributed by atoms with Crippen molar-refractivity contribution >= 4 is 23.2 Å². The first kappa shape index (κ1) is 12.2. The monoisotopic (exact) mass is 229 g/mol. The molecule has 1 aliphatic rings. The predicted octanol–water partition coefficient (Wildman–Crippen LogP) is 1.25. The molecule has 1 saturated heterocycles. The summed E-state index contributed by atoms with van der Waals surface area (Å²) >= 11 is 4.98. The highest BCUT2D eigenvalue weighted by atomic mass is 32.1. The highest BCUT2D eigenvalue weighted by Crippen LogP contribution is 2.17. The molecule has 1 atom stereocenters. The molecule has 2 amide bonds. The summed E-state index contributed by atoms with van der Waals surface area (Å²) in [6, 6.07) is 0.0291. The standard InChI is InChI=1S/C10H19N3OS/c1-7(2)12-10(14)13-6-4-3-5-8(13)9(11)15/h7-8H,3-6H2,1-2H3,(H2,11,15)(H,12,14). The maximum Gasteiger partial charge on any atom is 0.318 e. The van der Waals surface area contributed by atoms with Gasteiger partial charge < -0.3 is 16.0 Å². The number of carbonyl (C=O) groups excluding carboxylic acids is 1. The summed E-state index contributed by atoms with van der Waals surface area (Å²) < 4.78 is 0. The molecule has 1 unspecified atom stereocenters. The smallest absolute Gasteiger partial charge is 0.318 e. The van der Waals surface area contributed by atoms with Gasteiger partial charge in [-0.2, -0.15) is 0 Å². The number of piperidine rings is 1. The number of likely N-dealkylation sites (tertiary alicyclic amines) is 1. The van der Waals surface area contributed by atoms with E-state index in [2.05, 4.69) is 5.32 Å². The van der Waals surface area contributed by atoms with Crippen LogP contribution in [0.25, 0.3) is 0 Å². The molecule has 1 aliphatic heterocycles. The largest absolute Gasteiger partial charge is 0.392 e. The van der Waals surface area contributed by atoms with Gasteiger partial charge in [-0.15, -0.1) is 0 Å². The van der Waals surface area contributed by atoms with Crippen molar-refractivity contribution in [3.63, 3.8) is 0 Å². The zero-order chi connectivity index (χ0) is 11.4.